The Bertz CT molecular complexity index is 696. The van der Waals surface area contributed by atoms with Gasteiger partial charge < -0.3 is 11.1 Å². The monoisotopic (exact) mass is 314 g/mol. The van der Waals surface area contributed by atoms with Crippen LogP contribution < -0.4 is 11.1 Å². The standard InChI is InChI=1S/C17H19FN4O/c18-13-5-3-12(4-6-13)17(8-1-2-9-17)16(23)21-11-15-20-10-7-14(19)22-15/h3-7,10H,1-2,8-9,11H2,(H,21,23)(H2,19,20,22). The number of nitrogens with two attached hydrogens (primary N) is 1. The zero-order valence-corrected chi connectivity index (χ0v) is 12.8. The third kappa shape index (κ3) is 3.16. The van der Waals surface area contributed by atoms with Crippen LogP contribution in [0.3, 0.4) is 0 Å². The lowest BCUT2D eigenvalue weighted by Gasteiger charge is -2.28. The highest BCUT2D eigenvalue weighted by atomic mass is 19.1. The maximum absolute atomic E-state index is 13.2. The lowest BCUT2D eigenvalue weighted by Crippen LogP contribution is -2.42. The Labute approximate surface area is 134 Å². The molecule has 1 aromatic heterocycles. The summed E-state index contributed by atoms with van der Waals surface area (Å²) in [5, 5.41) is 2.91. The highest BCUT2D eigenvalue weighted by molar-refractivity contribution is 5.88. The van der Waals surface area contributed by atoms with E-state index in [4.69, 9.17) is 5.73 Å². The fourth-order valence-corrected chi connectivity index (χ4v) is 3.22. The molecule has 0 atom stereocenters. The van der Waals surface area contributed by atoms with Crippen molar-refractivity contribution in [1.29, 1.82) is 0 Å². The van der Waals surface area contributed by atoms with Crippen LogP contribution in [0.25, 0.3) is 0 Å². The van der Waals surface area contributed by atoms with Gasteiger partial charge in [0, 0.05) is 6.20 Å². The molecule has 1 amide bonds. The van der Waals surface area contributed by atoms with E-state index in [1.807, 2.05) is 0 Å². The van der Waals surface area contributed by atoms with E-state index < -0.39 is 5.41 Å². The van der Waals surface area contributed by atoms with E-state index in [1.165, 1.54) is 12.1 Å². The molecule has 6 heteroatoms. The smallest absolute Gasteiger partial charge is 0.231 e. The van der Waals surface area contributed by atoms with Gasteiger partial charge in [-0.3, -0.25) is 4.79 Å². The number of hydrogen-bond donors (Lipinski definition) is 2. The molecule has 0 spiro atoms. The average Bonchev–Trinajstić information content (AvgIpc) is 3.04. The topological polar surface area (TPSA) is 80.9 Å². The predicted molar refractivity (Wildman–Crippen MR) is 84.8 cm³/mol. The van der Waals surface area contributed by atoms with Crippen LogP contribution in [0.5, 0.6) is 0 Å². The largest absolute Gasteiger partial charge is 0.384 e. The van der Waals surface area contributed by atoms with E-state index >= 15 is 0 Å². The van der Waals surface area contributed by atoms with Crippen molar-refractivity contribution in [1.82, 2.24) is 15.3 Å². The van der Waals surface area contributed by atoms with E-state index in [0.717, 1.165) is 31.2 Å². The number of carbonyl (C=O) groups excluding carboxylic acids is 1. The van der Waals surface area contributed by atoms with Gasteiger partial charge >= 0.3 is 0 Å². The molecule has 5 nitrogen and oxygen atoms in total. The Morgan fingerprint density at radius 1 is 1.22 bits per heavy atom. The molecule has 3 N–H and O–H groups in total. The minimum absolute atomic E-state index is 0.0624. The predicted octanol–water partition coefficient (Wildman–Crippen LogP) is 2.33. The molecule has 1 aliphatic rings. The van der Waals surface area contributed by atoms with E-state index in [2.05, 4.69) is 15.3 Å². The number of rotatable bonds is 4. The number of aromatic nitrogens is 2. The number of benzene rings is 1. The van der Waals surface area contributed by atoms with E-state index in [9.17, 15) is 9.18 Å². The zero-order chi connectivity index (χ0) is 16.3. The molecular weight excluding hydrogens is 295 g/mol. The van der Waals surface area contributed by atoms with Gasteiger partial charge in [0.2, 0.25) is 5.91 Å². The first-order valence-electron chi connectivity index (χ1n) is 7.72. The molecule has 120 valence electrons. The molecule has 0 aliphatic heterocycles. The minimum atomic E-state index is -0.589. The third-order valence-electron chi connectivity index (χ3n) is 4.42. The Hall–Kier alpha value is -2.50. The molecule has 0 bridgehead atoms. The van der Waals surface area contributed by atoms with Crippen molar-refractivity contribution in [2.75, 3.05) is 5.73 Å². The van der Waals surface area contributed by atoms with Crippen molar-refractivity contribution < 1.29 is 9.18 Å². The third-order valence-corrected chi connectivity index (χ3v) is 4.42. The van der Waals surface area contributed by atoms with Crippen LogP contribution in [0.4, 0.5) is 10.2 Å². The molecule has 0 saturated heterocycles. The van der Waals surface area contributed by atoms with E-state index in [-0.39, 0.29) is 18.3 Å². The van der Waals surface area contributed by atoms with Crippen molar-refractivity contribution in [3.8, 4) is 0 Å². The van der Waals surface area contributed by atoms with Gasteiger partial charge in [-0.25, -0.2) is 14.4 Å². The van der Waals surface area contributed by atoms with Gasteiger partial charge in [0.15, 0.2) is 0 Å². The lowest BCUT2D eigenvalue weighted by atomic mass is 9.78. The van der Waals surface area contributed by atoms with Crippen molar-refractivity contribution in [2.45, 2.75) is 37.6 Å². The minimum Gasteiger partial charge on any atom is -0.384 e. The zero-order valence-electron chi connectivity index (χ0n) is 12.8. The van der Waals surface area contributed by atoms with E-state index in [1.54, 1.807) is 24.4 Å². The van der Waals surface area contributed by atoms with Crippen LogP contribution in [0.1, 0.15) is 37.1 Å². The van der Waals surface area contributed by atoms with Crippen molar-refractivity contribution >= 4 is 11.7 Å². The maximum Gasteiger partial charge on any atom is 0.231 e. The fraction of sp³-hybridized carbons (Fsp3) is 0.353. The normalized spacial score (nSPS) is 16.2. The van der Waals surface area contributed by atoms with Crippen molar-refractivity contribution in [3.05, 3.63) is 53.7 Å². The average molecular weight is 314 g/mol. The van der Waals surface area contributed by atoms with Gasteiger partial charge in [-0.05, 0) is 36.6 Å². The molecule has 0 unspecified atom stereocenters. The number of nitrogens with zero attached hydrogens (tertiary/aromatic N) is 2. The van der Waals surface area contributed by atoms with Crippen LogP contribution >= 0.6 is 0 Å². The molecule has 23 heavy (non-hydrogen) atoms. The highest BCUT2D eigenvalue weighted by Crippen LogP contribution is 2.41. The number of nitrogens with one attached hydrogen (secondary N) is 1. The fourth-order valence-electron chi connectivity index (χ4n) is 3.22. The van der Waals surface area contributed by atoms with Gasteiger partial charge in [-0.1, -0.05) is 25.0 Å². The number of nitrogen functional groups attached to an aromatic ring is 1. The second kappa shape index (κ2) is 6.32. The Morgan fingerprint density at radius 3 is 2.57 bits per heavy atom. The molecule has 2 aromatic rings. The van der Waals surface area contributed by atoms with Crippen LogP contribution in [-0.4, -0.2) is 15.9 Å². The van der Waals surface area contributed by atoms with Crippen molar-refractivity contribution in [2.24, 2.45) is 0 Å². The highest BCUT2D eigenvalue weighted by Gasteiger charge is 2.42. The van der Waals surface area contributed by atoms with Crippen LogP contribution in [0.2, 0.25) is 0 Å². The SMILES string of the molecule is Nc1ccnc(CNC(=O)C2(c3ccc(F)cc3)CCCC2)n1. The quantitative estimate of drug-likeness (QED) is 0.907. The number of hydrogen-bond acceptors (Lipinski definition) is 4. The second-order valence-electron chi connectivity index (χ2n) is 5.88. The molecule has 1 heterocycles. The number of amides is 1. The molecule has 1 aromatic carbocycles. The number of halogens is 1. The molecule has 0 radical (unpaired) electrons. The van der Waals surface area contributed by atoms with Crippen LogP contribution in [0.15, 0.2) is 36.5 Å². The van der Waals surface area contributed by atoms with Gasteiger partial charge in [0.1, 0.15) is 17.5 Å². The first-order chi connectivity index (χ1) is 11.1. The van der Waals surface area contributed by atoms with Crippen LogP contribution in [-0.2, 0) is 16.8 Å². The molecule has 1 aliphatic carbocycles. The number of anilines is 1. The Kier molecular flexibility index (Phi) is 4.23. The van der Waals surface area contributed by atoms with Gasteiger partial charge in [0.05, 0.1) is 12.0 Å². The second-order valence-corrected chi connectivity index (χ2v) is 5.88. The van der Waals surface area contributed by atoms with Gasteiger partial charge in [0.25, 0.3) is 0 Å². The summed E-state index contributed by atoms with van der Waals surface area (Å²) >= 11 is 0. The van der Waals surface area contributed by atoms with Crippen LogP contribution in [0, 0.1) is 5.82 Å². The summed E-state index contributed by atoms with van der Waals surface area (Å²) in [6, 6.07) is 7.82. The maximum atomic E-state index is 13.2. The Morgan fingerprint density at radius 2 is 1.91 bits per heavy atom. The lowest BCUT2D eigenvalue weighted by molar-refractivity contribution is -0.126. The molecule has 1 saturated carbocycles. The van der Waals surface area contributed by atoms with Crippen molar-refractivity contribution in [3.63, 3.8) is 0 Å². The summed E-state index contributed by atoms with van der Waals surface area (Å²) in [4.78, 5) is 21.0. The first kappa shape index (κ1) is 15.4. The summed E-state index contributed by atoms with van der Waals surface area (Å²) < 4.78 is 13.2. The first-order valence-corrected chi connectivity index (χ1v) is 7.72. The summed E-state index contributed by atoms with van der Waals surface area (Å²) in [5.41, 5.74) is 5.89. The van der Waals surface area contributed by atoms with Gasteiger partial charge in [-0.2, -0.15) is 0 Å². The molecule has 1 fully saturated rings. The van der Waals surface area contributed by atoms with Gasteiger partial charge in [-0.15, -0.1) is 0 Å². The number of carbonyl (C=O) groups is 1. The van der Waals surface area contributed by atoms with E-state index in [0.29, 0.717) is 11.6 Å². The summed E-state index contributed by atoms with van der Waals surface area (Å²) in [6.07, 6.45) is 5.07. The summed E-state index contributed by atoms with van der Waals surface area (Å²) in [7, 11) is 0. The summed E-state index contributed by atoms with van der Waals surface area (Å²) in [6.45, 7) is 0.229. The molecular formula is C17H19FN4O. The summed E-state index contributed by atoms with van der Waals surface area (Å²) in [5.74, 6) is 0.493. The molecule has 3 rings (SSSR count). The Balaban J connectivity index is 1.78.